The van der Waals surface area contributed by atoms with Crippen molar-refractivity contribution in [2.75, 3.05) is 32.6 Å². The van der Waals surface area contributed by atoms with Gasteiger partial charge < -0.3 is 14.8 Å². The van der Waals surface area contributed by atoms with E-state index in [1.54, 1.807) is 12.1 Å². The smallest absolute Gasteiger partial charge is 0.337 e. The number of hydrogen-bond acceptors (Lipinski definition) is 6. The predicted molar refractivity (Wildman–Crippen MR) is 116 cm³/mol. The third kappa shape index (κ3) is 5.23. The number of benzene rings is 2. The quantitative estimate of drug-likeness (QED) is 0.683. The normalized spacial score (nSPS) is 15.0. The number of sulfonamides is 1. The number of carbonyl (C=O) groups excluding carboxylic acids is 2. The van der Waals surface area contributed by atoms with Crippen molar-refractivity contribution in [3.63, 3.8) is 0 Å². The average molecular weight is 447 g/mol. The van der Waals surface area contributed by atoms with Gasteiger partial charge in [-0.1, -0.05) is 12.8 Å². The van der Waals surface area contributed by atoms with E-state index >= 15 is 0 Å². The second-order valence-corrected chi connectivity index (χ2v) is 9.11. The maximum atomic E-state index is 13.3. The van der Waals surface area contributed by atoms with Crippen LogP contribution >= 0.6 is 0 Å². The lowest BCUT2D eigenvalue weighted by atomic mass is 10.1. The molecule has 0 radical (unpaired) electrons. The summed E-state index contributed by atoms with van der Waals surface area (Å²) in [6, 6.07) is 10.6. The van der Waals surface area contributed by atoms with Gasteiger partial charge >= 0.3 is 5.97 Å². The highest BCUT2D eigenvalue weighted by atomic mass is 32.2. The molecule has 8 nitrogen and oxygen atoms in total. The summed E-state index contributed by atoms with van der Waals surface area (Å²) in [4.78, 5) is 24.3. The van der Waals surface area contributed by atoms with Crippen LogP contribution in [0.4, 0.5) is 5.69 Å². The Kier molecular flexibility index (Phi) is 7.29. The first kappa shape index (κ1) is 22.8. The topological polar surface area (TPSA) is 102 Å². The minimum absolute atomic E-state index is 0.0226. The monoisotopic (exact) mass is 446 g/mol. The largest absolute Gasteiger partial charge is 0.495 e. The third-order valence-corrected chi connectivity index (χ3v) is 7.09. The van der Waals surface area contributed by atoms with Gasteiger partial charge in [0.2, 0.25) is 10.0 Å². The van der Waals surface area contributed by atoms with Crippen LogP contribution in [0, 0.1) is 0 Å². The van der Waals surface area contributed by atoms with Crippen LogP contribution in [-0.4, -0.2) is 51.9 Å². The van der Waals surface area contributed by atoms with Crippen molar-refractivity contribution >= 4 is 27.6 Å². The van der Waals surface area contributed by atoms with E-state index in [9.17, 15) is 18.0 Å². The van der Waals surface area contributed by atoms with Crippen LogP contribution in [0.1, 0.15) is 46.4 Å². The van der Waals surface area contributed by atoms with Crippen LogP contribution < -0.4 is 10.1 Å². The molecule has 0 bridgehead atoms. The fourth-order valence-electron chi connectivity index (χ4n) is 3.45. The van der Waals surface area contributed by atoms with Crippen molar-refractivity contribution in [2.45, 2.75) is 30.6 Å². The fourth-order valence-corrected chi connectivity index (χ4v) is 5.15. The lowest BCUT2D eigenvalue weighted by Crippen LogP contribution is -2.32. The Hall–Kier alpha value is -2.91. The summed E-state index contributed by atoms with van der Waals surface area (Å²) in [6.45, 7) is 0.906. The van der Waals surface area contributed by atoms with E-state index in [0.717, 1.165) is 25.7 Å². The molecule has 2 aromatic rings. The number of carbonyl (C=O) groups is 2. The number of methoxy groups -OCH3 is 2. The Morgan fingerprint density at radius 2 is 1.52 bits per heavy atom. The highest BCUT2D eigenvalue weighted by molar-refractivity contribution is 7.89. The number of ether oxygens (including phenoxy) is 2. The molecule has 0 atom stereocenters. The molecule has 1 aliphatic heterocycles. The number of esters is 1. The van der Waals surface area contributed by atoms with E-state index < -0.39 is 21.9 Å². The van der Waals surface area contributed by atoms with Crippen LogP contribution in [0.2, 0.25) is 0 Å². The number of rotatable bonds is 6. The van der Waals surface area contributed by atoms with Crippen LogP contribution in [0.25, 0.3) is 0 Å². The highest BCUT2D eigenvalue weighted by Gasteiger charge is 2.29. The van der Waals surface area contributed by atoms with E-state index in [1.165, 1.54) is 48.9 Å². The van der Waals surface area contributed by atoms with Gasteiger partial charge in [0.05, 0.1) is 19.8 Å². The number of amides is 1. The van der Waals surface area contributed by atoms with E-state index in [1.807, 2.05) is 0 Å². The number of nitrogens with one attached hydrogen (secondary N) is 1. The zero-order chi connectivity index (χ0) is 22.4. The van der Waals surface area contributed by atoms with Gasteiger partial charge in [-0.3, -0.25) is 4.79 Å². The molecule has 31 heavy (non-hydrogen) atoms. The lowest BCUT2D eigenvalue weighted by molar-refractivity contribution is 0.0600. The van der Waals surface area contributed by atoms with Gasteiger partial charge in [0.15, 0.2) is 0 Å². The van der Waals surface area contributed by atoms with Gasteiger partial charge in [-0.25, -0.2) is 13.2 Å². The summed E-state index contributed by atoms with van der Waals surface area (Å²) in [5, 5.41) is 2.71. The van der Waals surface area contributed by atoms with Crippen molar-refractivity contribution in [3.8, 4) is 5.75 Å². The molecule has 0 spiro atoms. The standard InChI is InChI=1S/C22H26N2O6S/c1-29-19-12-9-17(15-20(19)31(27,28)24-13-5-3-4-6-14-24)21(25)23-18-10-7-16(8-11-18)22(26)30-2/h7-12,15H,3-6,13-14H2,1-2H3,(H,23,25). The molecule has 3 rings (SSSR count). The second kappa shape index (κ2) is 9.93. The molecule has 0 aliphatic carbocycles. The van der Waals surface area contributed by atoms with E-state index in [0.29, 0.717) is 24.3 Å². The SMILES string of the molecule is COC(=O)c1ccc(NC(=O)c2ccc(OC)c(S(=O)(=O)N3CCCCCC3)c2)cc1. The summed E-state index contributed by atoms with van der Waals surface area (Å²) in [5.74, 6) is -0.750. The Labute approximate surface area is 182 Å². The molecule has 1 fully saturated rings. The number of hydrogen-bond donors (Lipinski definition) is 1. The molecule has 1 saturated heterocycles. The molecular weight excluding hydrogens is 420 g/mol. The van der Waals surface area contributed by atoms with Crippen molar-refractivity contribution in [1.29, 1.82) is 0 Å². The van der Waals surface area contributed by atoms with Crippen molar-refractivity contribution in [1.82, 2.24) is 4.31 Å². The number of nitrogens with zero attached hydrogens (tertiary/aromatic N) is 1. The maximum absolute atomic E-state index is 13.3. The Balaban J connectivity index is 1.85. The zero-order valence-electron chi connectivity index (χ0n) is 17.6. The minimum atomic E-state index is -3.80. The molecular formula is C22H26N2O6S. The van der Waals surface area contributed by atoms with Crippen LogP contribution in [0.3, 0.4) is 0 Å². The van der Waals surface area contributed by atoms with Crippen LogP contribution in [0.15, 0.2) is 47.4 Å². The first-order chi connectivity index (χ1) is 14.9. The molecule has 1 amide bonds. The molecule has 9 heteroatoms. The molecule has 1 aliphatic rings. The van der Waals surface area contributed by atoms with Gasteiger partial charge in [-0.2, -0.15) is 4.31 Å². The first-order valence-corrected chi connectivity index (χ1v) is 11.5. The van der Waals surface area contributed by atoms with E-state index in [4.69, 9.17) is 4.74 Å². The third-order valence-electron chi connectivity index (χ3n) is 5.17. The summed E-state index contributed by atoms with van der Waals surface area (Å²) in [7, 11) is -1.11. The van der Waals surface area contributed by atoms with E-state index in [-0.39, 0.29) is 16.2 Å². The van der Waals surface area contributed by atoms with Gasteiger partial charge in [0, 0.05) is 24.3 Å². The van der Waals surface area contributed by atoms with Gasteiger partial charge in [-0.15, -0.1) is 0 Å². The summed E-state index contributed by atoms with van der Waals surface area (Å²) in [5.41, 5.74) is 1.01. The lowest BCUT2D eigenvalue weighted by Gasteiger charge is -2.21. The molecule has 0 saturated carbocycles. The highest BCUT2D eigenvalue weighted by Crippen LogP contribution is 2.29. The van der Waals surface area contributed by atoms with Crippen molar-refractivity contribution < 1.29 is 27.5 Å². The maximum Gasteiger partial charge on any atom is 0.337 e. The molecule has 166 valence electrons. The van der Waals surface area contributed by atoms with Crippen molar-refractivity contribution in [2.24, 2.45) is 0 Å². The second-order valence-electron chi connectivity index (χ2n) is 7.21. The van der Waals surface area contributed by atoms with Gasteiger partial charge in [0.25, 0.3) is 5.91 Å². The zero-order valence-corrected chi connectivity index (χ0v) is 18.4. The Bertz CT molecular complexity index is 1040. The average Bonchev–Trinajstić information content (AvgIpc) is 3.09. The Morgan fingerprint density at radius 3 is 2.10 bits per heavy atom. The first-order valence-electron chi connectivity index (χ1n) is 10.0. The molecule has 0 unspecified atom stereocenters. The Morgan fingerprint density at radius 1 is 0.903 bits per heavy atom. The molecule has 2 aromatic carbocycles. The van der Waals surface area contributed by atoms with Crippen LogP contribution in [-0.2, 0) is 14.8 Å². The van der Waals surface area contributed by atoms with Gasteiger partial charge in [-0.05, 0) is 55.3 Å². The summed E-state index contributed by atoms with van der Waals surface area (Å²) < 4.78 is 37.9. The summed E-state index contributed by atoms with van der Waals surface area (Å²) in [6.07, 6.45) is 3.62. The predicted octanol–water partition coefficient (Wildman–Crippen LogP) is 3.30. The fraction of sp³-hybridized carbons (Fsp3) is 0.364. The van der Waals surface area contributed by atoms with Gasteiger partial charge in [0.1, 0.15) is 10.6 Å². The molecule has 1 heterocycles. The molecule has 0 aromatic heterocycles. The number of anilines is 1. The summed E-state index contributed by atoms with van der Waals surface area (Å²) >= 11 is 0. The van der Waals surface area contributed by atoms with Crippen molar-refractivity contribution in [3.05, 3.63) is 53.6 Å². The minimum Gasteiger partial charge on any atom is -0.495 e. The van der Waals surface area contributed by atoms with Crippen LogP contribution in [0.5, 0.6) is 5.75 Å². The molecule has 1 N–H and O–H groups in total. The van der Waals surface area contributed by atoms with E-state index in [2.05, 4.69) is 10.1 Å².